The quantitative estimate of drug-likeness (QED) is 0.151. The molecule has 0 aliphatic heterocycles. The Morgan fingerprint density at radius 1 is 0.458 bits per heavy atom. The number of hydrogen-bond donors (Lipinski definition) is 0. The second-order valence-corrected chi connectivity index (χ2v) is 19.9. The fraction of sp³-hybridized carbons (Fsp3) is 0.0882. The molecule has 4 nitrogen and oxygen atoms in total. The zero-order chi connectivity index (χ0) is 47.6. The molecule has 0 N–H and O–H groups in total. The highest BCUT2D eigenvalue weighted by Gasteiger charge is 2.37. The van der Waals surface area contributed by atoms with E-state index in [-0.39, 0.29) is 6.04 Å². The van der Waals surface area contributed by atoms with Gasteiger partial charge in [0.1, 0.15) is 0 Å². The molecule has 0 bridgehead atoms. The highest BCUT2D eigenvalue weighted by atomic mass is 15.2. The molecule has 2 atom stereocenters. The zero-order valence-electron chi connectivity index (χ0n) is 40.3. The van der Waals surface area contributed by atoms with Crippen molar-refractivity contribution in [3.05, 3.63) is 247 Å². The van der Waals surface area contributed by atoms with Crippen molar-refractivity contribution in [2.24, 2.45) is 5.92 Å². The van der Waals surface area contributed by atoms with Crippen molar-refractivity contribution in [1.29, 1.82) is 0 Å². The summed E-state index contributed by atoms with van der Waals surface area (Å²) in [4.78, 5) is 5.13. The molecule has 0 radical (unpaired) electrons. The van der Waals surface area contributed by atoms with Crippen LogP contribution in [0.3, 0.4) is 0 Å². The maximum absolute atomic E-state index is 2.68. The first-order valence-corrected chi connectivity index (χ1v) is 25.5. The second kappa shape index (κ2) is 15.8. The Labute approximate surface area is 418 Å². The molecule has 4 heterocycles. The molecule has 0 saturated carbocycles. The summed E-state index contributed by atoms with van der Waals surface area (Å²) in [5.74, 6) is 0.388. The van der Waals surface area contributed by atoms with Gasteiger partial charge in [-0.1, -0.05) is 183 Å². The molecule has 15 rings (SSSR count). The van der Waals surface area contributed by atoms with Gasteiger partial charge in [-0.05, 0) is 97.0 Å². The third kappa shape index (κ3) is 5.69. The van der Waals surface area contributed by atoms with Gasteiger partial charge in [0, 0.05) is 77.2 Å². The minimum absolute atomic E-state index is 0.0986. The Kier molecular flexibility index (Phi) is 9.01. The molecule has 0 spiro atoms. The van der Waals surface area contributed by atoms with Crippen molar-refractivity contribution < 1.29 is 0 Å². The number of anilines is 4. The van der Waals surface area contributed by atoms with E-state index in [4.69, 9.17) is 0 Å². The summed E-state index contributed by atoms with van der Waals surface area (Å²) in [6.07, 6.45) is 13.7. The van der Waals surface area contributed by atoms with Gasteiger partial charge in [0.15, 0.2) is 0 Å². The maximum atomic E-state index is 2.68. The first-order valence-electron chi connectivity index (χ1n) is 25.5. The van der Waals surface area contributed by atoms with Crippen molar-refractivity contribution in [2.75, 3.05) is 9.80 Å². The molecule has 0 saturated heterocycles. The van der Waals surface area contributed by atoms with E-state index in [1.807, 2.05) is 0 Å². The van der Waals surface area contributed by atoms with Gasteiger partial charge in [-0.25, -0.2) is 0 Å². The van der Waals surface area contributed by atoms with Gasteiger partial charge in [-0.15, -0.1) is 0 Å². The predicted octanol–water partition coefficient (Wildman–Crippen LogP) is 18.4. The number of allylic oxidation sites excluding steroid dienone is 4. The number of nitrogens with zero attached hydrogens (tertiary/aromatic N) is 4. The van der Waals surface area contributed by atoms with Crippen molar-refractivity contribution >= 4 is 94.1 Å². The Morgan fingerprint density at radius 2 is 1.00 bits per heavy atom. The molecular formula is C68H50N4. The van der Waals surface area contributed by atoms with Crippen LogP contribution in [0, 0.1) is 12.8 Å². The molecule has 0 fully saturated rings. The number of fused-ring (bicyclic) bond motifs is 12. The fourth-order valence-electron chi connectivity index (χ4n) is 13.1. The Hall–Kier alpha value is -8.86. The van der Waals surface area contributed by atoms with E-state index < -0.39 is 0 Å². The molecule has 2 unspecified atom stereocenters. The van der Waals surface area contributed by atoms with Crippen LogP contribution < -0.4 is 9.80 Å². The lowest BCUT2D eigenvalue weighted by atomic mass is 9.87. The number of aromatic nitrogens is 2. The van der Waals surface area contributed by atoms with Crippen molar-refractivity contribution in [2.45, 2.75) is 32.7 Å². The minimum Gasteiger partial charge on any atom is -0.337 e. The van der Waals surface area contributed by atoms with E-state index >= 15 is 0 Å². The molecule has 4 heteroatoms. The average molecular weight is 923 g/mol. The monoisotopic (exact) mass is 922 g/mol. The standard InChI is InChI=1S/C68H50N4/c1-43-23-15-17-37-53(43)69(47-29-11-5-12-30-47)55-39-21-41-57-61(55)49-33-19-35-51-63-60(46-27-9-4-10-28-46)68-64(59(45-25-7-3-8-26-45)67(63)71(57)65(49)51)52-36-20-34-50-62-56(40-22-42-58(62)72(68)66(50)52)70(48-31-13-6-14-32-48)54-38-18-16-24-44(54)2/h3-23,25-39,41-42,44,56H,24,40H2,1-2H3. The van der Waals surface area contributed by atoms with E-state index in [1.54, 1.807) is 0 Å². The lowest BCUT2D eigenvalue weighted by molar-refractivity contribution is 0.586. The summed E-state index contributed by atoms with van der Waals surface area (Å²) in [6.45, 7) is 4.60. The Balaban J connectivity index is 1.12. The van der Waals surface area contributed by atoms with Crippen molar-refractivity contribution in [1.82, 2.24) is 8.80 Å². The third-order valence-corrected chi connectivity index (χ3v) is 16.0. The highest BCUT2D eigenvalue weighted by molar-refractivity contribution is 6.37. The van der Waals surface area contributed by atoms with Crippen LogP contribution >= 0.6 is 0 Å². The van der Waals surface area contributed by atoms with Gasteiger partial charge in [-0.3, -0.25) is 0 Å². The number of benzene rings is 9. The summed E-state index contributed by atoms with van der Waals surface area (Å²) in [5.41, 5.74) is 21.2. The van der Waals surface area contributed by atoms with Crippen LogP contribution in [0.15, 0.2) is 230 Å². The molecule has 72 heavy (non-hydrogen) atoms. The normalized spacial score (nSPS) is 15.8. The summed E-state index contributed by atoms with van der Waals surface area (Å²) < 4.78 is 5.32. The SMILES string of the molecule is Cc1ccccc1N(c1ccccc1)c1cccc2c1c1cccc3c4c(-c5ccccc5)c5c(c(-c6ccccc6)c4n2c13)c1cccc2c3c(n5c21)C=CCC3N(C1=CC=CCC1C)c1ccccc1. The van der Waals surface area contributed by atoms with E-state index in [2.05, 4.69) is 263 Å². The fourth-order valence-corrected chi connectivity index (χ4v) is 13.1. The van der Waals surface area contributed by atoms with Gasteiger partial charge < -0.3 is 18.6 Å². The molecule has 13 aromatic rings. The van der Waals surface area contributed by atoms with Crippen LogP contribution in [0.5, 0.6) is 0 Å². The number of hydrogen-bond acceptors (Lipinski definition) is 2. The second-order valence-electron chi connectivity index (χ2n) is 19.9. The largest absolute Gasteiger partial charge is 0.337 e. The third-order valence-electron chi connectivity index (χ3n) is 16.0. The van der Waals surface area contributed by atoms with Gasteiger partial charge in [0.25, 0.3) is 0 Å². The zero-order valence-corrected chi connectivity index (χ0v) is 40.3. The first kappa shape index (κ1) is 41.0. The summed E-state index contributed by atoms with van der Waals surface area (Å²) in [7, 11) is 0. The van der Waals surface area contributed by atoms with Crippen LogP contribution in [0.2, 0.25) is 0 Å². The van der Waals surface area contributed by atoms with Gasteiger partial charge in [-0.2, -0.15) is 0 Å². The highest BCUT2D eigenvalue weighted by Crippen LogP contribution is 2.56. The minimum atomic E-state index is 0.0986. The predicted molar refractivity (Wildman–Crippen MR) is 305 cm³/mol. The molecule has 0 amide bonds. The number of aryl methyl sites for hydroxylation is 1. The molecular weight excluding hydrogens is 873 g/mol. The van der Waals surface area contributed by atoms with Crippen molar-refractivity contribution in [3.63, 3.8) is 0 Å². The van der Waals surface area contributed by atoms with E-state index in [0.29, 0.717) is 5.92 Å². The molecule has 4 aromatic heterocycles. The Bertz CT molecular complexity index is 4350. The van der Waals surface area contributed by atoms with E-state index in [0.717, 1.165) is 24.2 Å². The first-order chi connectivity index (χ1) is 35.7. The van der Waals surface area contributed by atoms with Crippen LogP contribution in [-0.2, 0) is 0 Å². The van der Waals surface area contributed by atoms with Crippen LogP contribution in [-0.4, -0.2) is 8.80 Å². The van der Waals surface area contributed by atoms with Crippen LogP contribution in [0.25, 0.3) is 93.6 Å². The van der Waals surface area contributed by atoms with E-state index in [9.17, 15) is 0 Å². The van der Waals surface area contributed by atoms with Crippen molar-refractivity contribution in [3.8, 4) is 22.3 Å². The topological polar surface area (TPSA) is 15.3 Å². The molecule has 2 aliphatic carbocycles. The maximum Gasteiger partial charge on any atom is 0.0650 e. The van der Waals surface area contributed by atoms with Gasteiger partial charge >= 0.3 is 0 Å². The summed E-state index contributed by atoms with van der Waals surface area (Å²) in [6, 6.07) is 74.4. The van der Waals surface area contributed by atoms with Crippen LogP contribution in [0.1, 0.15) is 42.6 Å². The van der Waals surface area contributed by atoms with E-state index in [1.165, 1.54) is 121 Å². The number of para-hydroxylation sites is 5. The smallest absolute Gasteiger partial charge is 0.0650 e. The molecule has 2 aliphatic rings. The molecule has 9 aromatic carbocycles. The van der Waals surface area contributed by atoms with Crippen LogP contribution in [0.4, 0.5) is 22.7 Å². The lowest BCUT2D eigenvalue weighted by Crippen LogP contribution is -2.32. The lowest BCUT2D eigenvalue weighted by Gasteiger charge is -2.39. The summed E-state index contributed by atoms with van der Waals surface area (Å²) >= 11 is 0. The average Bonchev–Trinajstić information content (AvgIpc) is 4.18. The summed E-state index contributed by atoms with van der Waals surface area (Å²) in [5, 5.41) is 8.92. The molecule has 342 valence electrons. The van der Waals surface area contributed by atoms with Gasteiger partial charge in [0.2, 0.25) is 0 Å². The number of rotatable bonds is 8. The van der Waals surface area contributed by atoms with Gasteiger partial charge in [0.05, 0.1) is 45.0 Å². The Morgan fingerprint density at radius 3 is 1.65 bits per heavy atom.